The van der Waals surface area contributed by atoms with Gasteiger partial charge in [0.15, 0.2) is 0 Å². The lowest BCUT2D eigenvalue weighted by Gasteiger charge is -2.26. The maximum absolute atomic E-state index is 13.0. The van der Waals surface area contributed by atoms with Crippen LogP contribution < -0.4 is 10.1 Å². The summed E-state index contributed by atoms with van der Waals surface area (Å²) in [7, 11) is -2.28. The Morgan fingerprint density at radius 3 is 2.59 bits per heavy atom. The molecule has 2 heterocycles. The summed E-state index contributed by atoms with van der Waals surface area (Å²) in [6, 6.07) is 14.3. The minimum absolute atomic E-state index is 0.0632. The van der Waals surface area contributed by atoms with Gasteiger partial charge in [-0.1, -0.05) is 30.3 Å². The van der Waals surface area contributed by atoms with Crippen LogP contribution in [0.3, 0.4) is 0 Å². The van der Waals surface area contributed by atoms with Gasteiger partial charge in [0, 0.05) is 32.6 Å². The van der Waals surface area contributed by atoms with Crippen LogP contribution in [0.25, 0.3) is 0 Å². The lowest BCUT2D eigenvalue weighted by atomic mass is 10.1. The number of anilines is 1. The minimum Gasteiger partial charge on any atom is -0.495 e. The van der Waals surface area contributed by atoms with E-state index in [1.165, 1.54) is 29.6 Å². The van der Waals surface area contributed by atoms with Crippen molar-refractivity contribution in [2.75, 3.05) is 51.8 Å². The van der Waals surface area contributed by atoms with E-state index in [2.05, 4.69) is 5.32 Å². The molecule has 182 valence electrons. The van der Waals surface area contributed by atoms with Crippen LogP contribution in [0.4, 0.5) is 5.69 Å². The number of carbonyl (C=O) groups is 2. The Hall–Kier alpha value is -2.95. The highest BCUT2D eigenvalue weighted by atomic mass is 32.2. The molecule has 0 bridgehead atoms. The molecular weight excluding hydrogens is 458 g/mol. The lowest BCUT2D eigenvalue weighted by molar-refractivity contribution is -0.128. The molecule has 2 aromatic carbocycles. The van der Waals surface area contributed by atoms with Crippen LogP contribution in [-0.2, 0) is 30.8 Å². The van der Waals surface area contributed by atoms with Crippen molar-refractivity contribution in [1.29, 1.82) is 0 Å². The number of morpholine rings is 1. The second kappa shape index (κ2) is 10.5. The van der Waals surface area contributed by atoms with Gasteiger partial charge in [-0.15, -0.1) is 0 Å². The van der Waals surface area contributed by atoms with Crippen molar-refractivity contribution in [2.45, 2.75) is 17.7 Å². The van der Waals surface area contributed by atoms with Gasteiger partial charge in [-0.3, -0.25) is 9.59 Å². The highest BCUT2D eigenvalue weighted by molar-refractivity contribution is 7.89. The molecule has 0 aromatic heterocycles. The molecule has 1 unspecified atom stereocenters. The van der Waals surface area contributed by atoms with Crippen LogP contribution in [0.2, 0.25) is 0 Å². The van der Waals surface area contributed by atoms with Gasteiger partial charge in [0.1, 0.15) is 5.75 Å². The standard InChI is InChI=1S/C24H29N3O6S/c1-32-22-8-7-20(34(30,31)27-11-13-33-14-12-27)16-21(22)25-24(29)19-15-23(28)26(17-19)10-9-18-5-3-2-4-6-18/h2-8,16,19H,9-15,17H2,1H3,(H,25,29). The van der Waals surface area contributed by atoms with Crippen molar-refractivity contribution < 1.29 is 27.5 Å². The quantitative estimate of drug-likeness (QED) is 0.608. The summed E-state index contributed by atoms with van der Waals surface area (Å²) >= 11 is 0. The maximum Gasteiger partial charge on any atom is 0.243 e. The number of sulfonamides is 1. The van der Waals surface area contributed by atoms with E-state index in [9.17, 15) is 18.0 Å². The van der Waals surface area contributed by atoms with Gasteiger partial charge in [0.25, 0.3) is 0 Å². The van der Waals surface area contributed by atoms with E-state index in [1.807, 2.05) is 30.3 Å². The van der Waals surface area contributed by atoms with Crippen LogP contribution >= 0.6 is 0 Å². The van der Waals surface area contributed by atoms with E-state index in [4.69, 9.17) is 9.47 Å². The summed E-state index contributed by atoms with van der Waals surface area (Å²) in [6.45, 7) is 2.11. The van der Waals surface area contributed by atoms with Gasteiger partial charge in [-0.25, -0.2) is 8.42 Å². The predicted molar refractivity (Wildman–Crippen MR) is 126 cm³/mol. The molecule has 0 spiro atoms. The predicted octanol–water partition coefficient (Wildman–Crippen LogP) is 1.75. The number of hydrogen-bond donors (Lipinski definition) is 1. The minimum atomic E-state index is -3.73. The van der Waals surface area contributed by atoms with Gasteiger partial charge in [0.2, 0.25) is 21.8 Å². The van der Waals surface area contributed by atoms with E-state index in [0.717, 1.165) is 12.0 Å². The Morgan fingerprint density at radius 1 is 1.15 bits per heavy atom. The fourth-order valence-electron chi connectivity index (χ4n) is 4.19. The number of amides is 2. The molecule has 4 rings (SSSR count). The molecule has 2 amide bonds. The summed E-state index contributed by atoms with van der Waals surface area (Å²) in [5.74, 6) is -0.575. The molecule has 0 aliphatic carbocycles. The number of benzene rings is 2. The molecule has 9 nitrogen and oxygen atoms in total. The Bertz CT molecular complexity index is 1130. The molecule has 0 saturated carbocycles. The van der Waals surface area contributed by atoms with Crippen LogP contribution in [0.1, 0.15) is 12.0 Å². The molecular formula is C24H29N3O6S. The summed E-state index contributed by atoms with van der Waals surface area (Å²) in [4.78, 5) is 27.2. The number of nitrogens with one attached hydrogen (secondary N) is 1. The van der Waals surface area contributed by atoms with E-state index in [-0.39, 0.29) is 41.9 Å². The number of methoxy groups -OCH3 is 1. The van der Waals surface area contributed by atoms with Crippen LogP contribution in [0, 0.1) is 5.92 Å². The second-order valence-electron chi connectivity index (χ2n) is 8.34. The highest BCUT2D eigenvalue weighted by Crippen LogP contribution is 2.30. The largest absolute Gasteiger partial charge is 0.495 e. The fourth-order valence-corrected chi connectivity index (χ4v) is 5.62. The Balaban J connectivity index is 1.44. The monoisotopic (exact) mass is 487 g/mol. The third kappa shape index (κ3) is 5.40. The highest BCUT2D eigenvalue weighted by Gasteiger charge is 2.34. The number of likely N-dealkylation sites (tertiary alicyclic amines) is 1. The van der Waals surface area contributed by atoms with E-state index >= 15 is 0 Å². The summed E-state index contributed by atoms with van der Waals surface area (Å²) < 4.78 is 38.0. The molecule has 2 saturated heterocycles. The Kier molecular flexibility index (Phi) is 7.50. The smallest absolute Gasteiger partial charge is 0.243 e. The molecule has 34 heavy (non-hydrogen) atoms. The maximum atomic E-state index is 13.0. The number of rotatable bonds is 8. The Labute approximate surface area is 199 Å². The Morgan fingerprint density at radius 2 is 1.88 bits per heavy atom. The topological polar surface area (TPSA) is 105 Å². The molecule has 0 radical (unpaired) electrons. The first-order valence-electron chi connectivity index (χ1n) is 11.3. The van der Waals surface area contributed by atoms with Gasteiger partial charge in [-0.2, -0.15) is 4.31 Å². The fraction of sp³-hybridized carbons (Fsp3) is 0.417. The molecule has 1 N–H and O–H groups in total. The van der Waals surface area contributed by atoms with Gasteiger partial charge in [-0.05, 0) is 30.2 Å². The van der Waals surface area contributed by atoms with Crippen molar-refractivity contribution in [3.05, 3.63) is 54.1 Å². The zero-order chi connectivity index (χ0) is 24.1. The van der Waals surface area contributed by atoms with E-state index < -0.39 is 15.9 Å². The molecule has 10 heteroatoms. The van der Waals surface area contributed by atoms with Crippen molar-refractivity contribution in [3.8, 4) is 5.75 Å². The molecule has 2 aliphatic rings. The zero-order valence-corrected chi connectivity index (χ0v) is 19.9. The van der Waals surface area contributed by atoms with Gasteiger partial charge < -0.3 is 19.7 Å². The van der Waals surface area contributed by atoms with E-state index in [1.54, 1.807) is 4.90 Å². The second-order valence-corrected chi connectivity index (χ2v) is 10.3. The number of carbonyl (C=O) groups excluding carboxylic acids is 2. The van der Waals surface area contributed by atoms with Crippen LogP contribution in [0.5, 0.6) is 5.75 Å². The number of nitrogens with zero attached hydrogens (tertiary/aromatic N) is 2. The van der Waals surface area contributed by atoms with Crippen LogP contribution in [0.15, 0.2) is 53.4 Å². The number of ether oxygens (including phenoxy) is 2. The van der Waals surface area contributed by atoms with Crippen molar-refractivity contribution >= 4 is 27.5 Å². The number of hydrogen-bond acceptors (Lipinski definition) is 6. The third-order valence-corrected chi connectivity index (χ3v) is 8.03. The molecule has 2 aliphatic heterocycles. The zero-order valence-electron chi connectivity index (χ0n) is 19.1. The first-order valence-corrected chi connectivity index (χ1v) is 12.7. The van der Waals surface area contributed by atoms with Gasteiger partial charge >= 0.3 is 0 Å². The SMILES string of the molecule is COc1ccc(S(=O)(=O)N2CCOCC2)cc1NC(=O)C1CC(=O)N(CCc2ccccc2)C1. The summed E-state index contributed by atoms with van der Waals surface area (Å²) in [6.07, 6.45) is 0.838. The molecule has 1 atom stereocenters. The van der Waals surface area contributed by atoms with Crippen LogP contribution in [-0.4, -0.2) is 75.9 Å². The van der Waals surface area contributed by atoms with Crippen molar-refractivity contribution in [3.63, 3.8) is 0 Å². The lowest BCUT2D eigenvalue weighted by Crippen LogP contribution is -2.40. The van der Waals surface area contributed by atoms with Crippen molar-refractivity contribution in [2.24, 2.45) is 5.92 Å². The van der Waals surface area contributed by atoms with Gasteiger partial charge in [0.05, 0.1) is 36.8 Å². The average Bonchev–Trinajstić information content (AvgIpc) is 3.24. The first-order chi connectivity index (χ1) is 16.4. The molecule has 2 fully saturated rings. The van der Waals surface area contributed by atoms with E-state index in [0.29, 0.717) is 32.1 Å². The normalized spacial score (nSPS) is 19.3. The first kappa shape index (κ1) is 24.2. The summed E-state index contributed by atoms with van der Waals surface area (Å²) in [5.41, 5.74) is 1.39. The third-order valence-electron chi connectivity index (χ3n) is 6.14. The summed E-state index contributed by atoms with van der Waals surface area (Å²) in [5, 5.41) is 2.78. The average molecular weight is 488 g/mol. The van der Waals surface area contributed by atoms with Crippen molar-refractivity contribution in [1.82, 2.24) is 9.21 Å². The molecule has 2 aromatic rings.